The van der Waals surface area contributed by atoms with Crippen LogP contribution in [0.2, 0.25) is 0 Å². The van der Waals surface area contributed by atoms with Crippen LogP contribution in [0.4, 0.5) is 5.69 Å². The summed E-state index contributed by atoms with van der Waals surface area (Å²) < 4.78 is 3.87. The second kappa shape index (κ2) is 7.95. The Morgan fingerprint density at radius 1 is 1.06 bits per heavy atom. The zero-order valence-electron chi connectivity index (χ0n) is 20.8. The molecule has 182 valence electrons. The smallest absolute Gasteiger partial charge is 0.259 e. The van der Waals surface area contributed by atoms with Crippen LogP contribution in [0.5, 0.6) is 0 Å². The second-order valence-electron chi connectivity index (χ2n) is 10.2. The average Bonchev–Trinajstić information content (AvgIpc) is 3.31. The largest absolute Gasteiger partial charge is 0.356 e. The maximum absolute atomic E-state index is 13.8. The number of carbonyl (C=O) groups excluding carboxylic acids is 2. The molecule has 7 nitrogen and oxygen atoms in total. The van der Waals surface area contributed by atoms with Crippen molar-refractivity contribution in [2.24, 2.45) is 13.0 Å². The highest BCUT2D eigenvalue weighted by atomic mass is 16.2. The van der Waals surface area contributed by atoms with Gasteiger partial charge in [0.15, 0.2) is 0 Å². The van der Waals surface area contributed by atoms with Gasteiger partial charge in [-0.15, -0.1) is 0 Å². The lowest BCUT2D eigenvalue weighted by Gasteiger charge is -2.20. The molecule has 2 aliphatic heterocycles. The minimum atomic E-state index is -0.604. The fourth-order valence-corrected chi connectivity index (χ4v) is 5.80. The number of pyridine rings is 1. The number of imide groups is 1. The van der Waals surface area contributed by atoms with Gasteiger partial charge < -0.3 is 14.5 Å². The van der Waals surface area contributed by atoms with Gasteiger partial charge in [-0.1, -0.05) is 38.1 Å². The summed E-state index contributed by atoms with van der Waals surface area (Å²) in [5.74, 6) is -0.845. The van der Waals surface area contributed by atoms with Crippen LogP contribution < -0.4 is 10.9 Å². The van der Waals surface area contributed by atoms with Gasteiger partial charge >= 0.3 is 0 Å². The fourth-order valence-electron chi connectivity index (χ4n) is 5.80. The maximum atomic E-state index is 13.8. The molecule has 36 heavy (non-hydrogen) atoms. The van der Waals surface area contributed by atoms with E-state index in [0.29, 0.717) is 22.8 Å². The number of rotatable bonds is 3. The van der Waals surface area contributed by atoms with Crippen molar-refractivity contribution >= 4 is 39.3 Å². The van der Waals surface area contributed by atoms with E-state index in [1.807, 2.05) is 42.5 Å². The standard InChI is InChI=1S/C29H28N4O3/c1-16(2)13-32-14-20-25(19-12-18-8-5-6-10-23(18)31(4)28(19)35)27-22(15-33(17(3)34)29(27)36)30-21-9-7-11-24(32)26(20)21/h5-12,14,16,25,30H,13,15H2,1-4H3/t25-/m0/s1. The normalized spacial score (nSPS) is 17.2. The number of aromatic nitrogens is 2. The summed E-state index contributed by atoms with van der Waals surface area (Å²) in [4.78, 5) is 41.2. The first-order chi connectivity index (χ1) is 17.3. The second-order valence-corrected chi connectivity index (χ2v) is 10.2. The third-order valence-corrected chi connectivity index (χ3v) is 7.35. The number of para-hydroxylation sites is 1. The third-order valence-electron chi connectivity index (χ3n) is 7.35. The summed E-state index contributed by atoms with van der Waals surface area (Å²) in [6.45, 7) is 6.71. The van der Waals surface area contributed by atoms with Crippen molar-refractivity contribution in [1.29, 1.82) is 0 Å². The van der Waals surface area contributed by atoms with Crippen molar-refractivity contribution < 1.29 is 9.59 Å². The number of amides is 2. The van der Waals surface area contributed by atoms with E-state index >= 15 is 0 Å². The Balaban J connectivity index is 1.70. The van der Waals surface area contributed by atoms with E-state index in [0.717, 1.165) is 39.6 Å². The third kappa shape index (κ3) is 3.15. The molecule has 0 bridgehead atoms. The Kier molecular flexibility index (Phi) is 4.93. The van der Waals surface area contributed by atoms with E-state index in [1.165, 1.54) is 11.8 Å². The summed E-state index contributed by atoms with van der Waals surface area (Å²) in [5.41, 5.74) is 5.21. The Hall–Kier alpha value is -4.13. The van der Waals surface area contributed by atoms with Crippen molar-refractivity contribution in [3.05, 3.63) is 87.5 Å². The molecule has 2 aromatic carbocycles. The molecule has 6 rings (SSSR count). The van der Waals surface area contributed by atoms with Crippen molar-refractivity contribution in [3.63, 3.8) is 0 Å². The van der Waals surface area contributed by atoms with Gasteiger partial charge in [-0.25, -0.2) is 0 Å². The predicted molar refractivity (Wildman–Crippen MR) is 141 cm³/mol. The Labute approximate surface area is 208 Å². The van der Waals surface area contributed by atoms with Crippen LogP contribution >= 0.6 is 0 Å². The van der Waals surface area contributed by atoms with Crippen molar-refractivity contribution in [1.82, 2.24) is 14.0 Å². The van der Waals surface area contributed by atoms with Gasteiger partial charge in [-0.2, -0.15) is 0 Å². The van der Waals surface area contributed by atoms with Crippen LogP contribution in [-0.4, -0.2) is 32.4 Å². The fraction of sp³-hybridized carbons (Fsp3) is 0.276. The summed E-state index contributed by atoms with van der Waals surface area (Å²) in [6.07, 6.45) is 2.09. The topological polar surface area (TPSA) is 76.3 Å². The number of carbonyl (C=O) groups is 2. The Morgan fingerprint density at radius 3 is 2.56 bits per heavy atom. The maximum Gasteiger partial charge on any atom is 0.259 e. The van der Waals surface area contributed by atoms with Crippen LogP contribution in [0.1, 0.15) is 37.8 Å². The minimum Gasteiger partial charge on any atom is -0.356 e. The van der Waals surface area contributed by atoms with Gasteiger partial charge in [-0.3, -0.25) is 19.3 Å². The minimum absolute atomic E-state index is 0.149. The molecule has 2 aliphatic rings. The SMILES string of the molecule is CC(=O)N1CC2=C(C1=O)[C@@H](c1cc3ccccc3n(C)c1=O)c1cn(CC(C)C)c3cccc(c13)N2. The molecule has 4 heterocycles. The molecule has 2 aromatic heterocycles. The van der Waals surface area contributed by atoms with Crippen molar-refractivity contribution in [3.8, 4) is 0 Å². The molecule has 0 saturated heterocycles. The number of benzene rings is 2. The molecule has 0 unspecified atom stereocenters. The monoisotopic (exact) mass is 480 g/mol. The summed E-state index contributed by atoms with van der Waals surface area (Å²) in [7, 11) is 1.77. The van der Waals surface area contributed by atoms with Crippen LogP contribution in [0.3, 0.4) is 0 Å². The molecule has 0 aliphatic carbocycles. The van der Waals surface area contributed by atoms with Crippen LogP contribution in [0.15, 0.2) is 70.8 Å². The molecule has 0 radical (unpaired) electrons. The van der Waals surface area contributed by atoms with Gasteiger partial charge in [0.2, 0.25) is 5.91 Å². The lowest BCUT2D eigenvalue weighted by molar-refractivity contribution is -0.139. The molecule has 0 spiro atoms. The molecular formula is C29H28N4O3. The summed E-state index contributed by atoms with van der Waals surface area (Å²) in [6, 6.07) is 15.8. The van der Waals surface area contributed by atoms with Crippen molar-refractivity contribution in [2.75, 3.05) is 11.9 Å². The van der Waals surface area contributed by atoms with E-state index < -0.39 is 5.92 Å². The summed E-state index contributed by atoms with van der Waals surface area (Å²) in [5, 5.41) is 5.42. The van der Waals surface area contributed by atoms with Gasteiger partial charge in [0.1, 0.15) is 0 Å². The molecule has 2 amide bonds. The van der Waals surface area contributed by atoms with Crippen LogP contribution in [0, 0.1) is 5.92 Å². The molecular weight excluding hydrogens is 452 g/mol. The van der Waals surface area contributed by atoms with E-state index in [2.05, 4.69) is 36.0 Å². The number of fused-ring (bicyclic) bond motifs is 1. The van der Waals surface area contributed by atoms with Crippen LogP contribution in [-0.2, 0) is 23.2 Å². The molecule has 1 atom stereocenters. The quantitative estimate of drug-likeness (QED) is 0.473. The van der Waals surface area contributed by atoms with Crippen LogP contribution in [0.25, 0.3) is 21.8 Å². The summed E-state index contributed by atoms with van der Waals surface area (Å²) >= 11 is 0. The van der Waals surface area contributed by atoms with Gasteiger partial charge in [0.25, 0.3) is 11.5 Å². The highest BCUT2D eigenvalue weighted by Gasteiger charge is 2.42. The molecule has 0 fully saturated rings. The lowest BCUT2D eigenvalue weighted by atomic mass is 9.84. The molecule has 4 aromatic rings. The lowest BCUT2D eigenvalue weighted by Crippen LogP contribution is -2.34. The zero-order valence-corrected chi connectivity index (χ0v) is 20.8. The number of hydrogen-bond acceptors (Lipinski definition) is 4. The first-order valence-corrected chi connectivity index (χ1v) is 12.3. The molecule has 1 N–H and O–H groups in total. The molecule has 7 heteroatoms. The van der Waals surface area contributed by atoms with Gasteiger partial charge in [-0.05, 0) is 41.1 Å². The first-order valence-electron chi connectivity index (χ1n) is 12.3. The zero-order chi connectivity index (χ0) is 25.3. The first kappa shape index (κ1) is 22.3. The number of hydrogen-bond donors (Lipinski definition) is 1. The van der Waals surface area contributed by atoms with E-state index in [-0.39, 0.29) is 23.9 Å². The van der Waals surface area contributed by atoms with E-state index in [4.69, 9.17) is 0 Å². The Morgan fingerprint density at radius 2 is 1.81 bits per heavy atom. The predicted octanol–water partition coefficient (Wildman–Crippen LogP) is 4.35. The number of anilines is 1. The molecule has 0 saturated carbocycles. The highest BCUT2D eigenvalue weighted by Crippen LogP contribution is 2.46. The average molecular weight is 481 g/mol. The number of aryl methyl sites for hydroxylation is 1. The number of nitrogens with zero attached hydrogens (tertiary/aromatic N) is 3. The highest BCUT2D eigenvalue weighted by molar-refractivity contribution is 6.11. The number of nitrogens with one attached hydrogen (secondary N) is 1. The van der Waals surface area contributed by atoms with E-state index in [1.54, 1.807) is 11.6 Å². The van der Waals surface area contributed by atoms with Gasteiger partial charge in [0.05, 0.1) is 23.2 Å². The van der Waals surface area contributed by atoms with Gasteiger partial charge in [0, 0.05) is 55.0 Å². The van der Waals surface area contributed by atoms with E-state index in [9.17, 15) is 14.4 Å². The van der Waals surface area contributed by atoms with Crippen molar-refractivity contribution in [2.45, 2.75) is 33.2 Å². The Bertz CT molecular complexity index is 1690.